The Morgan fingerprint density at radius 3 is 2.44 bits per heavy atom. The number of anilines is 4. The molecule has 8 nitrogen and oxygen atoms in total. The van der Waals surface area contributed by atoms with E-state index in [0.29, 0.717) is 22.3 Å². The quantitative estimate of drug-likeness (QED) is 0.493. The van der Waals surface area contributed by atoms with E-state index in [-0.39, 0.29) is 16.5 Å². The van der Waals surface area contributed by atoms with Gasteiger partial charge in [-0.05, 0) is 62.1 Å². The molecular weight excluding hydrogens is 455 g/mol. The van der Waals surface area contributed by atoms with Crippen molar-refractivity contribution in [3.05, 3.63) is 58.9 Å². The number of nitrogen functional groups attached to an aromatic ring is 1. The summed E-state index contributed by atoms with van der Waals surface area (Å²) in [6.07, 6.45) is 3.80. The third-order valence-electron chi connectivity index (χ3n) is 6.08. The molecule has 3 heterocycles. The molecule has 0 radical (unpaired) electrons. The van der Waals surface area contributed by atoms with E-state index in [2.05, 4.69) is 21.8 Å². The number of benzene rings is 1. The Kier molecular flexibility index (Phi) is 6.78. The maximum absolute atomic E-state index is 13.4. The van der Waals surface area contributed by atoms with Crippen molar-refractivity contribution in [2.75, 3.05) is 28.6 Å². The summed E-state index contributed by atoms with van der Waals surface area (Å²) in [7, 11) is 0. The molecule has 1 aliphatic heterocycles. The van der Waals surface area contributed by atoms with Crippen molar-refractivity contribution in [3.8, 4) is 0 Å². The molecule has 1 atom stereocenters. The van der Waals surface area contributed by atoms with E-state index in [9.17, 15) is 14.0 Å². The van der Waals surface area contributed by atoms with Gasteiger partial charge in [0.2, 0.25) is 11.7 Å². The van der Waals surface area contributed by atoms with E-state index >= 15 is 0 Å². The van der Waals surface area contributed by atoms with Crippen LogP contribution in [0.25, 0.3) is 0 Å². The van der Waals surface area contributed by atoms with E-state index in [4.69, 9.17) is 11.5 Å². The van der Waals surface area contributed by atoms with Crippen LogP contribution < -0.4 is 21.3 Å². The van der Waals surface area contributed by atoms with Crippen molar-refractivity contribution >= 4 is 45.5 Å². The van der Waals surface area contributed by atoms with Crippen LogP contribution in [0.1, 0.15) is 41.9 Å². The van der Waals surface area contributed by atoms with E-state index in [0.717, 1.165) is 43.1 Å². The number of amides is 1. The molecule has 2 aromatic heterocycles. The zero-order chi connectivity index (χ0) is 24.4. The van der Waals surface area contributed by atoms with Crippen LogP contribution in [-0.4, -0.2) is 40.8 Å². The number of nitrogens with zero attached hydrogens (tertiary/aromatic N) is 4. The van der Waals surface area contributed by atoms with Crippen molar-refractivity contribution in [2.24, 2.45) is 11.7 Å². The lowest BCUT2D eigenvalue weighted by Gasteiger charge is -2.31. The van der Waals surface area contributed by atoms with Crippen LogP contribution in [0.3, 0.4) is 0 Å². The predicted molar refractivity (Wildman–Crippen MR) is 132 cm³/mol. The maximum Gasteiger partial charge on any atom is 0.240 e. The van der Waals surface area contributed by atoms with Crippen LogP contribution in [0.4, 0.5) is 26.8 Å². The number of carbonyl (C=O) groups excluding carboxylic acids is 2. The van der Waals surface area contributed by atoms with Crippen molar-refractivity contribution in [2.45, 2.75) is 32.7 Å². The zero-order valence-electron chi connectivity index (χ0n) is 19.1. The molecule has 1 amide bonds. The van der Waals surface area contributed by atoms with E-state index in [1.807, 2.05) is 6.07 Å². The van der Waals surface area contributed by atoms with Crippen LogP contribution >= 0.6 is 11.3 Å². The van der Waals surface area contributed by atoms with Gasteiger partial charge in [0.05, 0.1) is 0 Å². The predicted octanol–water partition coefficient (Wildman–Crippen LogP) is 3.74. The summed E-state index contributed by atoms with van der Waals surface area (Å²) in [4.78, 5) is 38.0. The fraction of sp³-hybridized carbons (Fsp3) is 0.333. The Labute approximate surface area is 201 Å². The molecule has 0 aliphatic carbocycles. The zero-order valence-corrected chi connectivity index (χ0v) is 19.9. The largest absolute Gasteiger partial charge is 0.382 e. The van der Waals surface area contributed by atoms with Gasteiger partial charge in [0.25, 0.3) is 0 Å². The monoisotopic (exact) mass is 482 g/mol. The third-order valence-corrected chi connectivity index (χ3v) is 7.15. The lowest BCUT2D eigenvalue weighted by molar-refractivity contribution is -0.118. The molecule has 178 valence electrons. The van der Waals surface area contributed by atoms with Gasteiger partial charge in [-0.15, -0.1) is 0 Å². The second-order valence-electron chi connectivity index (χ2n) is 8.54. The van der Waals surface area contributed by atoms with Gasteiger partial charge in [0, 0.05) is 30.5 Å². The van der Waals surface area contributed by atoms with Gasteiger partial charge in [-0.1, -0.05) is 18.3 Å². The molecule has 1 unspecified atom stereocenters. The second kappa shape index (κ2) is 9.76. The summed E-state index contributed by atoms with van der Waals surface area (Å²) in [5.74, 6) is 0.283. The van der Waals surface area contributed by atoms with Gasteiger partial charge < -0.3 is 21.3 Å². The minimum absolute atomic E-state index is 0.0443. The standard InChI is InChI=1S/C24H27FN6O2S/c1-14-9-11-30(12-10-14)19-8-3-16(13-28-19)20(32)21-22(26)29-24(34-21)31(15(2)23(27)33)18-6-4-17(25)5-7-18/h3-8,13-15H,9-12,26H2,1-2H3,(H2,27,33). The minimum Gasteiger partial charge on any atom is -0.382 e. The summed E-state index contributed by atoms with van der Waals surface area (Å²) in [5.41, 5.74) is 12.5. The highest BCUT2D eigenvalue weighted by molar-refractivity contribution is 7.18. The van der Waals surface area contributed by atoms with Crippen molar-refractivity contribution in [1.82, 2.24) is 9.97 Å². The first kappa shape index (κ1) is 23.6. The average Bonchev–Trinajstić information content (AvgIpc) is 3.21. The fourth-order valence-electron chi connectivity index (χ4n) is 3.89. The lowest BCUT2D eigenvalue weighted by Crippen LogP contribution is -2.39. The number of piperidine rings is 1. The molecule has 0 bridgehead atoms. The molecule has 1 fully saturated rings. The molecule has 3 aromatic rings. The van der Waals surface area contributed by atoms with Crippen LogP contribution in [-0.2, 0) is 4.79 Å². The highest BCUT2D eigenvalue weighted by atomic mass is 32.1. The number of rotatable bonds is 7. The molecule has 1 aromatic carbocycles. The smallest absolute Gasteiger partial charge is 0.240 e. The van der Waals surface area contributed by atoms with Crippen molar-refractivity contribution in [3.63, 3.8) is 0 Å². The first-order valence-electron chi connectivity index (χ1n) is 11.1. The number of primary amides is 1. The lowest BCUT2D eigenvalue weighted by atomic mass is 9.99. The molecule has 4 rings (SSSR count). The Morgan fingerprint density at radius 2 is 1.85 bits per heavy atom. The summed E-state index contributed by atoms with van der Waals surface area (Å²) >= 11 is 1.05. The van der Waals surface area contributed by atoms with Crippen molar-refractivity contribution in [1.29, 1.82) is 0 Å². The van der Waals surface area contributed by atoms with Gasteiger partial charge in [0.1, 0.15) is 28.4 Å². The highest BCUT2D eigenvalue weighted by Crippen LogP contribution is 2.36. The topological polar surface area (TPSA) is 118 Å². The minimum atomic E-state index is -0.799. The van der Waals surface area contributed by atoms with Gasteiger partial charge in [-0.3, -0.25) is 9.59 Å². The Bertz CT molecular complexity index is 1170. The van der Waals surface area contributed by atoms with Gasteiger partial charge >= 0.3 is 0 Å². The molecule has 1 saturated heterocycles. The number of carbonyl (C=O) groups is 2. The first-order chi connectivity index (χ1) is 16.2. The number of thiazole rings is 1. The summed E-state index contributed by atoms with van der Waals surface area (Å²) in [6, 6.07) is 8.36. The van der Waals surface area contributed by atoms with Crippen LogP contribution in [0, 0.1) is 11.7 Å². The van der Waals surface area contributed by atoms with Gasteiger partial charge in [-0.25, -0.2) is 14.4 Å². The number of hydrogen-bond acceptors (Lipinski definition) is 8. The summed E-state index contributed by atoms with van der Waals surface area (Å²) in [5, 5.41) is 0.311. The van der Waals surface area contributed by atoms with Crippen LogP contribution in [0.15, 0.2) is 42.6 Å². The van der Waals surface area contributed by atoms with E-state index in [1.54, 1.807) is 19.2 Å². The van der Waals surface area contributed by atoms with Crippen LogP contribution in [0.5, 0.6) is 0 Å². The Morgan fingerprint density at radius 1 is 1.18 bits per heavy atom. The Hall–Kier alpha value is -3.53. The highest BCUT2D eigenvalue weighted by Gasteiger charge is 2.27. The maximum atomic E-state index is 13.4. The molecule has 4 N–H and O–H groups in total. The SMILES string of the molecule is CC1CCN(c2ccc(C(=O)c3sc(N(c4ccc(F)cc4)C(C)C(N)=O)nc3N)cn2)CC1. The number of halogens is 1. The Balaban J connectivity index is 1.60. The molecule has 10 heteroatoms. The number of nitrogens with two attached hydrogens (primary N) is 2. The number of hydrogen-bond donors (Lipinski definition) is 2. The average molecular weight is 483 g/mol. The number of ketones is 1. The third kappa shape index (κ3) is 4.86. The molecule has 1 aliphatic rings. The summed E-state index contributed by atoms with van der Waals surface area (Å²) in [6.45, 7) is 5.75. The van der Waals surface area contributed by atoms with Crippen LogP contribution in [0.2, 0.25) is 0 Å². The van der Waals surface area contributed by atoms with Gasteiger partial charge in [0.15, 0.2) is 5.13 Å². The molecule has 0 spiro atoms. The first-order valence-corrected chi connectivity index (χ1v) is 11.9. The second-order valence-corrected chi connectivity index (χ2v) is 9.52. The van der Waals surface area contributed by atoms with E-state index < -0.39 is 17.8 Å². The van der Waals surface area contributed by atoms with E-state index in [1.165, 1.54) is 29.2 Å². The normalized spacial score (nSPS) is 15.2. The van der Waals surface area contributed by atoms with Crippen molar-refractivity contribution < 1.29 is 14.0 Å². The molecule has 34 heavy (non-hydrogen) atoms. The molecular formula is C24H27FN6O2S. The fourth-order valence-corrected chi connectivity index (χ4v) is 4.94. The van der Waals surface area contributed by atoms with Gasteiger partial charge in [-0.2, -0.15) is 0 Å². The molecule has 0 saturated carbocycles. The number of aromatic nitrogens is 2. The number of pyridine rings is 1. The summed E-state index contributed by atoms with van der Waals surface area (Å²) < 4.78 is 13.4.